The fraction of sp³-hybridized carbons (Fsp3) is 0.308. The third-order valence-corrected chi connectivity index (χ3v) is 3.10. The number of nitrogens with one attached hydrogen (secondary N) is 1. The first kappa shape index (κ1) is 18.2. The van der Waals surface area contributed by atoms with Crippen molar-refractivity contribution in [2.45, 2.75) is 25.2 Å². The van der Waals surface area contributed by atoms with Gasteiger partial charge in [0.25, 0.3) is 0 Å². The molecule has 0 radical (unpaired) electrons. The summed E-state index contributed by atoms with van der Waals surface area (Å²) in [5, 5.41) is 19.1. The van der Waals surface area contributed by atoms with Crippen LogP contribution in [0, 0.1) is 0 Å². The second-order valence-electron chi connectivity index (χ2n) is 4.91. The van der Waals surface area contributed by atoms with Gasteiger partial charge in [0.1, 0.15) is 5.82 Å². The van der Waals surface area contributed by atoms with Crippen molar-refractivity contribution in [1.29, 1.82) is 0 Å². The van der Waals surface area contributed by atoms with Crippen LogP contribution in [0.5, 0.6) is 0 Å². The van der Waals surface area contributed by atoms with Crippen molar-refractivity contribution in [3.63, 3.8) is 0 Å². The summed E-state index contributed by atoms with van der Waals surface area (Å²) in [7, 11) is 0. The molecule has 3 N–H and O–H groups in total. The van der Waals surface area contributed by atoms with Gasteiger partial charge in [0.2, 0.25) is 5.95 Å². The van der Waals surface area contributed by atoms with E-state index in [1.165, 1.54) is 12.3 Å². The molecule has 0 aromatic carbocycles. The first-order valence-corrected chi connectivity index (χ1v) is 6.80. The lowest BCUT2D eigenvalue weighted by Gasteiger charge is -2.11. The number of aliphatic carboxylic acids is 1. The quantitative estimate of drug-likeness (QED) is 0.741. The first-order chi connectivity index (χ1) is 11.7. The summed E-state index contributed by atoms with van der Waals surface area (Å²) in [5.41, 5.74) is -0.0109. The van der Waals surface area contributed by atoms with Gasteiger partial charge in [-0.25, -0.2) is 24.5 Å². The summed E-state index contributed by atoms with van der Waals surface area (Å²) in [6.45, 7) is 0.788. The molecule has 0 spiro atoms. The van der Waals surface area contributed by atoms with Crippen molar-refractivity contribution in [3.8, 4) is 0 Å². The van der Waals surface area contributed by atoms with Crippen LogP contribution in [0.15, 0.2) is 24.7 Å². The van der Waals surface area contributed by atoms with E-state index in [9.17, 15) is 18.0 Å². The fourth-order valence-electron chi connectivity index (χ4n) is 2.05. The van der Waals surface area contributed by atoms with Crippen molar-refractivity contribution in [3.05, 3.63) is 36.2 Å². The zero-order valence-corrected chi connectivity index (χ0v) is 12.4. The molecule has 1 aliphatic heterocycles. The highest BCUT2D eigenvalue weighted by Crippen LogP contribution is 2.16. The number of hydrogen-bond donors (Lipinski definition) is 3. The predicted molar refractivity (Wildman–Crippen MR) is 76.0 cm³/mol. The number of carboxylic acid groups (broad SMARTS) is 2. The Balaban J connectivity index is 0.000000277. The molecule has 1 aliphatic rings. The van der Waals surface area contributed by atoms with Crippen LogP contribution in [0.25, 0.3) is 0 Å². The van der Waals surface area contributed by atoms with Crippen molar-refractivity contribution in [1.82, 2.24) is 19.5 Å². The molecule has 0 saturated heterocycles. The van der Waals surface area contributed by atoms with Crippen LogP contribution in [0.2, 0.25) is 0 Å². The molecule has 1 unspecified atom stereocenters. The normalized spacial score (nSPS) is 15.7. The van der Waals surface area contributed by atoms with Crippen LogP contribution in [-0.2, 0) is 17.8 Å². The zero-order valence-electron chi connectivity index (χ0n) is 12.4. The minimum atomic E-state index is -5.08. The number of nitrogens with zero attached hydrogens (tertiary/aromatic N) is 4. The van der Waals surface area contributed by atoms with Crippen molar-refractivity contribution >= 4 is 17.9 Å². The van der Waals surface area contributed by atoms with Crippen LogP contribution < -0.4 is 5.32 Å². The third kappa shape index (κ3) is 4.89. The maximum absolute atomic E-state index is 10.8. The fourth-order valence-corrected chi connectivity index (χ4v) is 2.05. The van der Waals surface area contributed by atoms with Crippen LogP contribution in [0.3, 0.4) is 0 Å². The van der Waals surface area contributed by atoms with E-state index < -0.39 is 18.1 Å². The van der Waals surface area contributed by atoms with Gasteiger partial charge >= 0.3 is 18.1 Å². The average Bonchev–Trinajstić information content (AvgIpc) is 3.08. The Morgan fingerprint density at radius 3 is 2.48 bits per heavy atom. The molecule has 3 heterocycles. The highest BCUT2D eigenvalue weighted by molar-refractivity contribution is 5.85. The molecule has 0 aliphatic carbocycles. The van der Waals surface area contributed by atoms with E-state index in [1.807, 2.05) is 6.20 Å². The summed E-state index contributed by atoms with van der Waals surface area (Å²) in [5.74, 6) is -2.46. The number of imidazole rings is 1. The van der Waals surface area contributed by atoms with Crippen molar-refractivity contribution in [2.75, 3.05) is 5.32 Å². The molecule has 12 heteroatoms. The number of alkyl halides is 3. The molecule has 134 valence electrons. The number of carbonyl (C=O) groups is 2. The van der Waals surface area contributed by atoms with Gasteiger partial charge in [-0.3, -0.25) is 0 Å². The Morgan fingerprint density at radius 1 is 1.24 bits per heavy atom. The molecule has 0 amide bonds. The highest BCUT2D eigenvalue weighted by Gasteiger charge is 2.38. The molecule has 3 rings (SSSR count). The number of anilines is 1. The first-order valence-electron chi connectivity index (χ1n) is 6.80. The van der Waals surface area contributed by atoms with Crippen LogP contribution in [0.4, 0.5) is 19.1 Å². The summed E-state index contributed by atoms with van der Waals surface area (Å²) >= 11 is 0. The summed E-state index contributed by atoms with van der Waals surface area (Å²) in [6.07, 6.45) is 0.832. The Bertz CT molecular complexity index is 757. The molecular formula is C13H12F3N5O4. The topological polar surface area (TPSA) is 130 Å². The minimum Gasteiger partial charge on any atom is -0.477 e. The Morgan fingerprint density at radius 2 is 1.92 bits per heavy atom. The molecule has 0 fully saturated rings. The van der Waals surface area contributed by atoms with E-state index in [0.717, 1.165) is 18.8 Å². The molecule has 1 atom stereocenters. The van der Waals surface area contributed by atoms with Gasteiger partial charge in [0.15, 0.2) is 5.69 Å². The van der Waals surface area contributed by atoms with E-state index in [-0.39, 0.29) is 11.7 Å². The van der Waals surface area contributed by atoms with Crippen molar-refractivity contribution < 1.29 is 33.0 Å². The van der Waals surface area contributed by atoms with Gasteiger partial charge in [0, 0.05) is 31.6 Å². The van der Waals surface area contributed by atoms with E-state index in [2.05, 4.69) is 24.8 Å². The average molecular weight is 359 g/mol. The number of halogens is 3. The minimum absolute atomic E-state index is 0.0109. The maximum atomic E-state index is 10.8. The Kier molecular flexibility index (Phi) is 5.20. The standard InChI is InChI=1S/C11H11N5O2.C2HF3O2/c17-10(18)8-1-2-13-11(15-8)14-7-5-9-12-3-4-16(9)6-7;3-2(4,5)1(6)7/h1-4,7H,5-6H2,(H,17,18)(H,13,14,15);(H,6,7). The monoisotopic (exact) mass is 359 g/mol. The lowest BCUT2D eigenvalue weighted by molar-refractivity contribution is -0.192. The van der Waals surface area contributed by atoms with Gasteiger partial charge < -0.3 is 20.1 Å². The maximum Gasteiger partial charge on any atom is 0.490 e. The summed E-state index contributed by atoms with van der Waals surface area (Å²) in [6, 6.07) is 1.52. The second-order valence-corrected chi connectivity index (χ2v) is 4.91. The predicted octanol–water partition coefficient (Wildman–Crippen LogP) is 1.04. The molecular weight excluding hydrogens is 347 g/mol. The highest BCUT2D eigenvalue weighted by atomic mass is 19.4. The Hall–Kier alpha value is -3.18. The largest absolute Gasteiger partial charge is 0.490 e. The summed E-state index contributed by atoms with van der Waals surface area (Å²) < 4.78 is 33.8. The van der Waals surface area contributed by atoms with Gasteiger partial charge in [-0.15, -0.1) is 0 Å². The molecule has 25 heavy (non-hydrogen) atoms. The van der Waals surface area contributed by atoms with Crippen LogP contribution >= 0.6 is 0 Å². The van der Waals surface area contributed by atoms with Gasteiger partial charge in [-0.2, -0.15) is 13.2 Å². The second kappa shape index (κ2) is 7.15. The van der Waals surface area contributed by atoms with Gasteiger partial charge in [0.05, 0.1) is 6.04 Å². The lowest BCUT2D eigenvalue weighted by Crippen LogP contribution is -2.22. The van der Waals surface area contributed by atoms with E-state index >= 15 is 0 Å². The number of hydrogen-bond acceptors (Lipinski definition) is 6. The lowest BCUT2D eigenvalue weighted by atomic mass is 10.2. The molecule has 2 aromatic heterocycles. The Labute approximate surface area is 138 Å². The molecule has 0 bridgehead atoms. The number of carboxylic acids is 2. The number of aromatic carboxylic acids is 1. The number of fused-ring (bicyclic) bond motifs is 1. The number of aromatic nitrogens is 4. The molecule has 2 aromatic rings. The van der Waals surface area contributed by atoms with E-state index in [4.69, 9.17) is 15.0 Å². The van der Waals surface area contributed by atoms with Gasteiger partial charge in [-0.1, -0.05) is 0 Å². The third-order valence-electron chi connectivity index (χ3n) is 3.10. The smallest absolute Gasteiger partial charge is 0.477 e. The number of rotatable bonds is 3. The van der Waals surface area contributed by atoms with E-state index in [0.29, 0.717) is 5.95 Å². The van der Waals surface area contributed by atoms with E-state index in [1.54, 1.807) is 6.20 Å². The summed E-state index contributed by atoms with van der Waals surface area (Å²) in [4.78, 5) is 31.9. The molecule has 9 nitrogen and oxygen atoms in total. The van der Waals surface area contributed by atoms with Crippen LogP contribution in [-0.4, -0.2) is 53.9 Å². The van der Waals surface area contributed by atoms with Crippen molar-refractivity contribution in [2.24, 2.45) is 0 Å². The molecule has 0 saturated carbocycles. The zero-order chi connectivity index (χ0) is 18.6. The van der Waals surface area contributed by atoms with Crippen LogP contribution in [0.1, 0.15) is 16.3 Å². The van der Waals surface area contributed by atoms with Gasteiger partial charge in [-0.05, 0) is 6.07 Å². The SMILES string of the molecule is O=C(O)C(F)(F)F.O=C(O)c1ccnc(NC2Cc3nccn3C2)n1.